The van der Waals surface area contributed by atoms with Crippen LogP contribution in [0.25, 0.3) is 65.4 Å². The number of hydrogen-bond donors (Lipinski definition) is 6. The highest BCUT2D eigenvalue weighted by molar-refractivity contribution is 14.1. The Kier molecular flexibility index (Phi) is 37.4. The molecule has 0 aliphatic rings. The number of hydrogen-bond acceptors (Lipinski definition) is 17. The number of aromatic carboxylic acids is 2. The SMILES string of the molecule is CCOC(=O)CI.CCOC(=O)Cn1c2ccc(Br)cc2c(=O)c2ccc(Cl)c(N(C)C)c21.CN(C)c1c(Cl)ccc2c(=O)c3cc(Br)ccc3[nH]c12.CN(C)c1c(Cl)ccc2c(=O)c3cc(Br)ccc3n(CC(=O)O)c12.CN(C)c1c(Cl)cccc1I.CN(C)c1c(Cl)cccc1Nc1ccc(Br)cc1C(=O)O.Nc1ccc(Br)cc1C(=O)O. The minimum absolute atomic E-state index is 0.00909. The summed E-state index contributed by atoms with van der Waals surface area (Å²) in [6.07, 6.45) is 0. The first-order valence-electron chi connectivity index (χ1n) is 35.7. The summed E-state index contributed by atoms with van der Waals surface area (Å²) >= 11 is 52.0. The van der Waals surface area contributed by atoms with Crippen LogP contribution >= 0.6 is 183 Å². The van der Waals surface area contributed by atoms with Gasteiger partial charge in [0.15, 0.2) is 16.3 Å². The number of nitrogen functional groups attached to an aromatic ring is 1. The maximum atomic E-state index is 13.1. The van der Waals surface area contributed by atoms with Crippen molar-refractivity contribution in [2.24, 2.45) is 0 Å². The number of carboxylic acid groups (broad SMARTS) is 3. The second-order valence-electron chi connectivity index (χ2n) is 26.7. The molecule has 0 spiro atoms. The highest BCUT2D eigenvalue weighted by atomic mass is 127. The molecule has 3 heterocycles. The van der Waals surface area contributed by atoms with Gasteiger partial charge in [-0.05, 0) is 188 Å². The Hall–Kier alpha value is -8.13. The minimum atomic E-state index is -1.01. The summed E-state index contributed by atoms with van der Waals surface area (Å²) in [4.78, 5) is 107. The highest BCUT2D eigenvalue weighted by Crippen LogP contribution is 2.40. The van der Waals surface area contributed by atoms with Gasteiger partial charge in [-0.2, -0.15) is 0 Å². The lowest BCUT2D eigenvalue weighted by atomic mass is 10.1. The van der Waals surface area contributed by atoms with Crippen LogP contribution in [0, 0.1) is 3.57 Å². The largest absolute Gasteiger partial charge is 0.480 e. The fraction of sp³-hybridized carbons (Fsp3) is 0.200. The van der Waals surface area contributed by atoms with Gasteiger partial charge in [0, 0.05) is 140 Å². The second kappa shape index (κ2) is 45.3. The average Bonchev–Trinajstić information content (AvgIpc) is 0.740. The Bertz CT molecular complexity index is 6220. The lowest BCUT2D eigenvalue weighted by molar-refractivity contribution is -0.143. The topological polar surface area (TPSA) is 296 Å². The van der Waals surface area contributed by atoms with Crippen molar-refractivity contribution in [1.29, 1.82) is 0 Å². The predicted molar refractivity (Wildman–Crippen MR) is 529 cm³/mol. The number of anilines is 8. The number of halogens is 12. The fourth-order valence-electron chi connectivity index (χ4n) is 12.3. The molecule has 0 amide bonds. The van der Waals surface area contributed by atoms with Crippen molar-refractivity contribution in [3.05, 3.63) is 257 Å². The van der Waals surface area contributed by atoms with Gasteiger partial charge in [0.1, 0.15) is 13.1 Å². The van der Waals surface area contributed by atoms with Gasteiger partial charge in [-0.3, -0.25) is 28.8 Å². The van der Waals surface area contributed by atoms with Gasteiger partial charge in [0.05, 0.1) is 121 Å². The second-order valence-corrected chi connectivity index (χ2v) is 35.2. The number of aliphatic carboxylic acids is 1. The van der Waals surface area contributed by atoms with Gasteiger partial charge in [-0.15, -0.1) is 0 Å². The van der Waals surface area contributed by atoms with Crippen LogP contribution in [0.1, 0.15) is 34.6 Å². The number of pyridine rings is 3. The quantitative estimate of drug-likeness (QED) is 0.0172. The lowest BCUT2D eigenvalue weighted by Crippen LogP contribution is -2.21. The zero-order chi connectivity index (χ0) is 89.2. The number of para-hydroxylation sites is 2. The first-order valence-corrected chi connectivity index (χ1v) is 44.1. The van der Waals surface area contributed by atoms with Gasteiger partial charge in [-0.25, -0.2) is 9.59 Å². The molecule has 0 aliphatic carbocycles. The van der Waals surface area contributed by atoms with E-state index in [0.29, 0.717) is 118 Å². The Labute approximate surface area is 785 Å². The summed E-state index contributed by atoms with van der Waals surface area (Å²) in [5, 5.41) is 36.6. The predicted octanol–water partition coefficient (Wildman–Crippen LogP) is 22.4. The monoisotopic (exact) mass is 2270 g/mol. The number of fused-ring (bicyclic) bond motifs is 6. The molecular weight excluding hydrogens is 2200 g/mol. The number of carbonyl (C=O) groups is 5. The summed E-state index contributed by atoms with van der Waals surface area (Å²) in [6.45, 7) is 4.06. The molecule has 0 aliphatic heterocycles. The Morgan fingerprint density at radius 2 is 0.833 bits per heavy atom. The molecule has 35 heteroatoms. The van der Waals surface area contributed by atoms with Crippen LogP contribution in [-0.2, 0) is 36.9 Å². The minimum Gasteiger partial charge on any atom is -0.480 e. The van der Waals surface area contributed by atoms with E-state index in [1.54, 1.807) is 125 Å². The third-order valence-corrected chi connectivity index (χ3v) is 22.8. The molecule has 13 rings (SSSR count). The molecule has 23 nitrogen and oxygen atoms in total. The highest BCUT2D eigenvalue weighted by Gasteiger charge is 2.24. The number of carbonyl (C=O) groups excluding carboxylic acids is 2. The van der Waals surface area contributed by atoms with Crippen molar-refractivity contribution in [1.82, 2.24) is 14.1 Å². The van der Waals surface area contributed by atoms with E-state index < -0.39 is 17.9 Å². The van der Waals surface area contributed by atoms with Crippen molar-refractivity contribution in [2.75, 3.05) is 124 Å². The summed E-state index contributed by atoms with van der Waals surface area (Å²) in [6, 6.07) is 47.7. The summed E-state index contributed by atoms with van der Waals surface area (Å²) in [7, 11) is 18.9. The zero-order valence-corrected chi connectivity index (χ0v) is 82.3. The fourth-order valence-corrected chi connectivity index (χ4v) is 17.1. The number of ether oxygens (including phenoxy) is 2. The van der Waals surface area contributed by atoms with Crippen LogP contribution < -0.4 is 51.8 Å². The molecular formula is C85H80Br5Cl5I2N10O13. The normalized spacial score (nSPS) is 10.6. The molecule has 0 unspecified atom stereocenters. The van der Waals surface area contributed by atoms with E-state index in [1.165, 1.54) is 9.64 Å². The van der Waals surface area contributed by atoms with E-state index in [1.807, 2.05) is 173 Å². The number of carboxylic acids is 3. The molecule has 10 aromatic carbocycles. The smallest absolute Gasteiger partial charge is 0.337 e. The van der Waals surface area contributed by atoms with E-state index >= 15 is 0 Å². The summed E-state index contributed by atoms with van der Waals surface area (Å²) < 4.78 is 18.6. The summed E-state index contributed by atoms with van der Waals surface area (Å²) in [5.74, 6) is -3.50. The van der Waals surface area contributed by atoms with E-state index in [0.717, 1.165) is 52.2 Å². The van der Waals surface area contributed by atoms with Crippen molar-refractivity contribution >= 4 is 324 Å². The standard InChI is InChI=1S/C19H18BrClN2O3.C17H14BrClN2O3.C15H14BrClN2O2.C15H12BrClN2O.C8H9ClIN.C7H6BrNO2.C4H7IO2/c1-4-26-16(24)10-23-15-8-5-11(20)9-13(15)19(25)12-6-7-14(21)18(17(12)23)22(2)3;1-20(2)16-12(19)5-4-10-15(16)21(8-14(22)23)13-6-3-9(18)7-11(13)17(10)24;1-19(2)14-11(17)4-3-5-13(14)18-12-7-6-9(16)8-10(12)15(20)21;1-19(2)14-11(17)5-4-9-13(14)18-12-6-3-8(16)7-10(12)15(9)20;1-11(2)8-6(9)4-3-5-7(8)10;8-4-1-2-6(9)5(3-4)7(10)11;1-2-7-4(6)3-5/h5-9H,4,10H2,1-3H3;3-7H,8H2,1-2H3,(H,22,23);3-8,18H,1-2H3,(H,20,21);3-7H,1-2H3,(H,18,20);3-5H,1-2H3;1-3H,9H2,(H,10,11);2-3H2,1H3. The number of alkyl halides is 1. The maximum Gasteiger partial charge on any atom is 0.337 e. The van der Waals surface area contributed by atoms with Gasteiger partial charge < -0.3 is 74.5 Å². The molecule has 0 radical (unpaired) electrons. The third kappa shape index (κ3) is 25.1. The number of esters is 2. The molecule has 7 N–H and O–H groups in total. The Morgan fingerprint density at radius 1 is 0.442 bits per heavy atom. The van der Waals surface area contributed by atoms with Crippen molar-refractivity contribution in [2.45, 2.75) is 26.9 Å². The zero-order valence-electron chi connectivity index (χ0n) is 66.3. The molecule has 632 valence electrons. The first-order chi connectivity index (χ1) is 56.6. The molecule has 0 saturated heterocycles. The molecule has 13 aromatic rings. The molecule has 0 atom stereocenters. The van der Waals surface area contributed by atoms with Crippen LogP contribution in [-0.4, -0.2) is 147 Å². The van der Waals surface area contributed by atoms with Crippen LogP contribution in [0.15, 0.2) is 201 Å². The van der Waals surface area contributed by atoms with Gasteiger partial charge in [-0.1, -0.05) is 172 Å². The van der Waals surface area contributed by atoms with Crippen LogP contribution in [0.4, 0.5) is 45.5 Å². The number of nitrogens with two attached hydrogens (primary N) is 1. The number of aromatic amines is 1. The van der Waals surface area contributed by atoms with Crippen LogP contribution in [0.2, 0.25) is 25.1 Å². The lowest BCUT2D eigenvalue weighted by Gasteiger charge is -2.22. The molecule has 120 heavy (non-hydrogen) atoms. The van der Waals surface area contributed by atoms with Crippen molar-refractivity contribution < 1.29 is 48.8 Å². The van der Waals surface area contributed by atoms with E-state index in [2.05, 4.69) is 117 Å². The van der Waals surface area contributed by atoms with Crippen molar-refractivity contribution in [3.8, 4) is 0 Å². The number of rotatable bonds is 16. The van der Waals surface area contributed by atoms with Crippen LogP contribution in [0.5, 0.6) is 0 Å². The molecule has 3 aromatic heterocycles. The molecule has 0 fully saturated rings. The van der Waals surface area contributed by atoms with Crippen molar-refractivity contribution in [3.63, 3.8) is 0 Å². The van der Waals surface area contributed by atoms with Gasteiger partial charge in [0.2, 0.25) is 0 Å². The maximum absolute atomic E-state index is 13.1. The molecule has 0 bridgehead atoms. The van der Waals surface area contributed by atoms with E-state index in [9.17, 15) is 48.6 Å². The van der Waals surface area contributed by atoms with Crippen LogP contribution in [0.3, 0.4) is 0 Å². The first kappa shape index (κ1) is 99.0. The number of nitrogens with zero attached hydrogens (tertiary/aromatic N) is 7. The third-order valence-electron chi connectivity index (χ3n) is 17.3. The average molecular weight is 2280 g/mol. The number of H-pyrrole nitrogens is 1. The number of benzene rings is 10. The van der Waals surface area contributed by atoms with Gasteiger partial charge >= 0.3 is 29.8 Å². The Balaban J connectivity index is 0.000000199. The van der Waals surface area contributed by atoms with E-state index in [-0.39, 0.29) is 58.1 Å². The van der Waals surface area contributed by atoms with Gasteiger partial charge in [0.25, 0.3) is 0 Å². The molecule has 0 saturated carbocycles. The Morgan fingerprint density at radius 3 is 1.27 bits per heavy atom. The number of aromatic nitrogens is 3. The number of nitrogens with one attached hydrogen (secondary N) is 2. The summed E-state index contributed by atoms with van der Waals surface area (Å²) in [5.41, 5.74) is 15.0. The van der Waals surface area contributed by atoms with E-state index in [4.69, 9.17) is 73.6 Å².